The minimum absolute atomic E-state index is 0.00754. The molecule has 188 valence electrons. The summed E-state index contributed by atoms with van der Waals surface area (Å²) in [6.45, 7) is 9.22. The molecule has 1 N–H and O–H groups in total. The number of rotatable bonds is 8. The van der Waals surface area contributed by atoms with Crippen LogP contribution in [0.15, 0.2) is 76.5 Å². The highest BCUT2D eigenvalue weighted by molar-refractivity contribution is 7.91. The van der Waals surface area contributed by atoms with Gasteiger partial charge in [-0.15, -0.1) is 0 Å². The lowest BCUT2D eigenvalue weighted by Crippen LogP contribution is -2.35. The standard InChI is InChI=1S/C28H31N3O4S/c1-4-30(5-2)16-15-29-27(32)22-13-14-26-24(18-22)31(19-21-10-8-9-20(3)17-21)28(33)23-11-6-7-12-25(23)36(26,34)35/h6-14,17-18H,4-5,15-16,19H2,1-3H3,(H,29,32). The Morgan fingerprint density at radius 3 is 2.42 bits per heavy atom. The number of benzene rings is 3. The normalized spacial score (nSPS) is 14.2. The van der Waals surface area contributed by atoms with Crippen molar-refractivity contribution >= 4 is 27.3 Å². The number of hydrogen-bond acceptors (Lipinski definition) is 5. The second-order valence-electron chi connectivity index (χ2n) is 8.85. The van der Waals surface area contributed by atoms with Crippen LogP contribution in [0.5, 0.6) is 0 Å². The molecular formula is C28H31N3O4S. The van der Waals surface area contributed by atoms with E-state index in [0.717, 1.165) is 24.2 Å². The molecule has 3 aromatic carbocycles. The average Bonchev–Trinajstić information content (AvgIpc) is 2.94. The monoisotopic (exact) mass is 505 g/mol. The van der Waals surface area contributed by atoms with Gasteiger partial charge in [-0.3, -0.25) is 9.59 Å². The van der Waals surface area contributed by atoms with Crippen molar-refractivity contribution < 1.29 is 18.0 Å². The molecule has 0 fully saturated rings. The molecule has 0 saturated carbocycles. The fourth-order valence-electron chi connectivity index (χ4n) is 4.47. The van der Waals surface area contributed by atoms with Crippen LogP contribution in [0.25, 0.3) is 0 Å². The molecule has 0 aromatic heterocycles. The summed E-state index contributed by atoms with van der Waals surface area (Å²) < 4.78 is 27.2. The van der Waals surface area contributed by atoms with Crippen LogP contribution in [0, 0.1) is 6.92 Å². The number of nitrogens with zero attached hydrogens (tertiary/aromatic N) is 2. The Bertz CT molecular complexity index is 1400. The Morgan fingerprint density at radius 1 is 0.944 bits per heavy atom. The molecule has 3 aromatic rings. The Labute approximate surface area is 212 Å². The van der Waals surface area contributed by atoms with Crippen LogP contribution in [-0.2, 0) is 16.4 Å². The minimum atomic E-state index is -3.98. The van der Waals surface area contributed by atoms with Gasteiger partial charge in [0.25, 0.3) is 11.8 Å². The van der Waals surface area contributed by atoms with E-state index >= 15 is 0 Å². The van der Waals surface area contributed by atoms with E-state index in [4.69, 9.17) is 0 Å². The van der Waals surface area contributed by atoms with E-state index in [-0.39, 0.29) is 33.5 Å². The molecular weight excluding hydrogens is 474 g/mol. The molecule has 1 aliphatic rings. The van der Waals surface area contributed by atoms with Gasteiger partial charge in [-0.25, -0.2) is 8.42 Å². The fourth-order valence-corrected chi connectivity index (χ4v) is 6.10. The molecule has 7 nitrogen and oxygen atoms in total. The number of sulfone groups is 1. The van der Waals surface area contributed by atoms with E-state index in [9.17, 15) is 18.0 Å². The summed E-state index contributed by atoms with van der Waals surface area (Å²) in [5.41, 5.74) is 2.52. The molecule has 0 unspecified atom stereocenters. The summed E-state index contributed by atoms with van der Waals surface area (Å²) in [7, 11) is -3.98. The second-order valence-corrected chi connectivity index (χ2v) is 10.7. The van der Waals surface area contributed by atoms with Gasteiger partial charge in [-0.05, 0) is 55.9 Å². The molecule has 0 aliphatic carbocycles. The third kappa shape index (κ3) is 5.05. The maximum atomic E-state index is 13.7. The number of carbonyl (C=O) groups excluding carboxylic acids is 2. The van der Waals surface area contributed by atoms with E-state index in [1.54, 1.807) is 12.1 Å². The van der Waals surface area contributed by atoms with Crippen LogP contribution in [0.4, 0.5) is 5.69 Å². The lowest BCUT2D eigenvalue weighted by atomic mass is 10.1. The number of anilines is 1. The first-order chi connectivity index (χ1) is 17.3. The molecule has 0 spiro atoms. The Kier molecular flexibility index (Phi) is 7.56. The smallest absolute Gasteiger partial charge is 0.259 e. The van der Waals surface area contributed by atoms with E-state index in [1.807, 2.05) is 31.2 Å². The zero-order chi connectivity index (χ0) is 25.9. The third-order valence-electron chi connectivity index (χ3n) is 6.48. The first-order valence-electron chi connectivity index (χ1n) is 12.1. The second kappa shape index (κ2) is 10.6. The SMILES string of the molecule is CCN(CC)CCNC(=O)c1ccc2c(c1)N(Cc1cccc(C)c1)C(=O)c1ccccc1S2(=O)=O. The third-order valence-corrected chi connectivity index (χ3v) is 8.34. The Hall–Kier alpha value is -3.49. The van der Waals surface area contributed by atoms with Crippen molar-refractivity contribution in [2.45, 2.75) is 37.1 Å². The van der Waals surface area contributed by atoms with E-state index < -0.39 is 15.7 Å². The maximum Gasteiger partial charge on any atom is 0.259 e. The number of hydrogen-bond donors (Lipinski definition) is 1. The van der Waals surface area contributed by atoms with Crippen LogP contribution >= 0.6 is 0 Å². The Balaban J connectivity index is 1.77. The molecule has 8 heteroatoms. The van der Waals surface area contributed by atoms with Gasteiger partial charge in [-0.2, -0.15) is 0 Å². The predicted octanol–water partition coefficient (Wildman–Crippen LogP) is 4.06. The molecule has 0 bridgehead atoms. The molecule has 4 rings (SSSR count). The maximum absolute atomic E-state index is 13.7. The van der Waals surface area contributed by atoms with Crippen molar-refractivity contribution in [3.05, 3.63) is 89.0 Å². The quantitative estimate of drug-likeness (QED) is 0.499. The molecule has 0 radical (unpaired) electrons. The van der Waals surface area contributed by atoms with Crippen LogP contribution in [-0.4, -0.2) is 51.3 Å². The first-order valence-corrected chi connectivity index (χ1v) is 13.6. The number of aryl methyl sites for hydroxylation is 1. The van der Waals surface area contributed by atoms with Gasteiger partial charge in [0.15, 0.2) is 0 Å². The lowest BCUT2D eigenvalue weighted by Gasteiger charge is -2.24. The largest absolute Gasteiger partial charge is 0.351 e. The number of fused-ring (bicyclic) bond motifs is 2. The predicted molar refractivity (Wildman–Crippen MR) is 140 cm³/mol. The van der Waals surface area contributed by atoms with Gasteiger partial charge in [0, 0.05) is 18.7 Å². The number of nitrogens with one attached hydrogen (secondary N) is 1. The summed E-state index contributed by atoms with van der Waals surface area (Å²) >= 11 is 0. The van der Waals surface area contributed by atoms with Crippen LogP contribution in [0.1, 0.15) is 45.7 Å². The molecule has 2 amide bonds. The van der Waals surface area contributed by atoms with Crippen molar-refractivity contribution in [1.82, 2.24) is 10.2 Å². The summed E-state index contributed by atoms with van der Waals surface area (Å²) in [5, 5.41) is 2.91. The number of carbonyl (C=O) groups is 2. The van der Waals surface area contributed by atoms with E-state index in [0.29, 0.717) is 18.7 Å². The number of amides is 2. The summed E-state index contributed by atoms with van der Waals surface area (Å²) in [6, 6.07) is 18.4. The lowest BCUT2D eigenvalue weighted by molar-refractivity contribution is 0.0945. The van der Waals surface area contributed by atoms with E-state index in [1.165, 1.54) is 35.2 Å². The Morgan fingerprint density at radius 2 is 1.69 bits per heavy atom. The van der Waals surface area contributed by atoms with Crippen LogP contribution in [0.2, 0.25) is 0 Å². The van der Waals surface area contributed by atoms with Gasteiger partial charge in [0.2, 0.25) is 9.84 Å². The van der Waals surface area contributed by atoms with E-state index in [2.05, 4.69) is 24.1 Å². The molecule has 0 saturated heterocycles. The minimum Gasteiger partial charge on any atom is -0.351 e. The molecule has 1 aliphatic heterocycles. The first kappa shape index (κ1) is 25.6. The van der Waals surface area contributed by atoms with Crippen molar-refractivity contribution in [1.29, 1.82) is 0 Å². The summed E-state index contributed by atoms with van der Waals surface area (Å²) in [4.78, 5) is 30.3. The van der Waals surface area contributed by atoms with Crippen LogP contribution < -0.4 is 10.2 Å². The van der Waals surface area contributed by atoms with Gasteiger partial charge in [0.05, 0.1) is 27.6 Å². The van der Waals surface area contributed by atoms with Gasteiger partial charge >= 0.3 is 0 Å². The number of likely N-dealkylation sites (N-methyl/N-ethyl adjacent to an activating group) is 1. The van der Waals surface area contributed by atoms with Crippen molar-refractivity contribution in [2.75, 3.05) is 31.1 Å². The zero-order valence-electron chi connectivity index (χ0n) is 20.8. The fraction of sp³-hybridized carbons (Fsp3) is 0.286. The highest BCUT2D eigenvalue weighted by Gasteiger charge is 2.36. The van der Waals surface area contributed by atoms with Gasteiger partial charge in [-0.1, -0.05) is 55.8 Å². The highest BCUT2D eigenvalue weighted by Crippen LogP contribution is 2.38. The van der Waals surface area contributed by atoms with Gasteiger partial charge < -0.3 is 15.1 Å². The topological polar surface area (TPSA) is 86.8 Å². The molecule has 36 heavy (non-hydrogen) atoms. The zero-order valence-corrected chi connectivity index (χ0v) is 21.6. The van der Waals surface area contributed by atoms with Gasteiger partial charge in [0.1, 0.15) is 0 Å². The average molecular weight is 506 g/mol. The molecule has 0 atom stereocenters. The van der Waals surface area contributed by atoms with Crippen LogP contribution in [0.3, 0.4) is 0 Å². The molecule has 1 heterocycles. The highest BCUT2D eigenvalue weighted by atomic mass is 32.2. The van der Waals surface area contributed by atoms with Crippen molar-refractivity contribution in [3.63, 3.8) is 0 Å². The van der Waals surface area contributed by atoms with Crippen molar-refractivity contribution in [3.8, 4) is 0 Å². The summed E-state index contributed by atoms with van der Waals surface area (Å²) in [5.74, 6) is -0.736. The summed E-state index contributed by atoms with van der Waals surface area (Å²) in [6.07, 6.45) is 0. The van der Waals surface area contributed by atoms with Crippen molar-refractivity contribution in [2.24, 2.45) is 0 Å².